The molecule has 0 aromatic heterocycles. The van der Waals surface area contributed by atoms with Crippen LogP contribution in [0.5, 0.6) is 0 Å². The summed E-state index contributed by atoms with van der Waals surface area (Å²) in [6.45, 7) is 0. The van der Waals surface area contributed by atoms with E-state index in [1.165, 1.54) is 6.07 Å². The van der Waals surface area contributed by atoms with Crippen molar-refractivity contribution in [2.45, 2.75) is 4.90 Å². The van der Waals surface area contributed by atoms with E-state index in [0.29, 0.717) is 8.47 Å². The fourth-order valence-corrected chi connectivity index (χ4v) is 1.61. The molecule has 6 heteroatoms. The number of benzene rings is 1. The number of halogens is 1. The smallest absolute Gasteiger partial charge is 0.258 e. The third-order valence-corrected chi connectivity index (χ3v) is 3.12. The van der Waals surface area contributed by atoms with Crippen molar-refractivity contribution < 1.29 is 4.92 Å². The lowest BCUT2D eigenvalue weighted by Gasteiger charge is -1.99. The summed E-state index contributed by atoms with van der Waals surface area (Å²) >= 11 is 5.88. The van der Waals surface area contributed by atoms with Crippen LogP contribution in [-0.2, 0) is 0 Å². The number of nitriles is 1. The summed E-state index contributed by atoms with van der Waals surface area (Å²) in [7, 11) is 0. The highest BCUT2D eigenvalue weighted by Crippen LogP contribution is 2.28. The zero-order valence-electron chi connectivity index (χ0n) is 6.19. The highest BCUT2D eigenvalue weighted by Gasteiger charge is 2.15. The predicted molar refractivity (Wildman–Crippen MR) is 57.8 cm³/mol. The number of nitro groups is 1. The van der Waals surface area contributed by atoms with Gasteiger partial charge in [-0.25, -0.2) is 0 Å². The van der Waals surface area contributed by atoms with Crippen LogP contribution in [0.25, 0.3) is 0 Å². The Morgan fingerprint density at radius 2 is 2.23 bits per heavy atom. The van der Waals surface area contributed by atoms with Crippen molar-refractivity contribution in [1.29, 1.82) is 5.26 Å². The van der Waals surface area contributed by atoms with Gasteiger partial charge in [-0.2, -0.15) is 5.26 Å². The minimum Gasteiger partial charge on any atom is -0.258 e. The van der Waals surface area contributed by atoms with E-state index in [1.54, 1.807) is 6.07 Å². The standard InChI is InChI=1S/C7H3IN2O2S/c8-5-1-4(3-9)2-6(7(5)13)10(11)12/h1-2,13H. The second-order valence-corrected chi connectivity index (χ2v) is 3.80. The van der Waals surface area contributed by atoms with Crippen LogP contribution >= 0.6 is 35.2 Å². The van der Waals surface area contributed by atoms with Crippen LogP contribution in [0.4, 0.5) is 5.69 Å². The van der Waals surface area contributed by atoms with Crippen LogP contribution in [0.3, 0.4) is 0 Å². The molecule has 0 amide bonds. The molecule has 0 unspecified atom stereocenters. The Hall–Kier alpha value is -0.810. The first kappa shape index (κ1) is 10.3. The zero-order chi connectivity index (χ0) is 10.0. The summed E-state index contributed by atoms with van der Waals surface area (Å²) in [6.07, 6.45) is 0. The van der Waals surface area contributed by atoms with E-state index in [2.05, 4.69) is 12.6 Å². The van der Waals surface area contributed by atoms with E-state index < -0.39 is 4.92 Å². The maximum Gasteiger partial charge on any atom is 0.285 e. The highest BCUT2D eigenvalue weighted by atomic mass is 127. The van der Waals surface area contributed by atoms with Gasteiger partial charge in [0.15, 0.2) is 0 Å². The van der Waals surface area contributed by atoms with Crippen molar-refractivity contribution >= 4 is 40.9 Å². The van der Waals surface area contributed by atoms with Crippen molar-refractivity contribution in [3.8, 4) is 6.07 Å². The predicted octanol–water partition coefficient (Wildman–Crippen LogP) is 2.36. The minimum atomic E-state index is -0.550. The van der Waals surface area contributed by atoms with E-state index in [9.17, 15) is 10.1 Å². The molecule has 0 aliphatic rings. The van der Waals surface area contributed by atoms with Gasteiger partial charge in [0.2, 0.25) is 0 Å². The second kappa shape index (κ2) is 3.93. The van der Waals surface area contributed by atoms with Crippen LogP contribution in [0.1, 0.15) is 5.56 Å². The van der Waals surface area contributed by atoms with Gasteiger partial charge in [-0.1, -0.05) is 0 Å². The Kier molecular flexibility index (Phi) is 3.11. The average Bonchev–Trinajstić information content (AvgIpc) is 2.09. The monoisotopic (exact) mass is 306 g/mol. The second-order valence-electron chi connectivity index (χ2n) is 2.19. The molecule has 66 valence electrons. The summed E-state index contributed by atoms with van der Waals surface area (Å²) in [4.78, 5) is 10.2. The maximum absolute atomic E-state index is 10.5. The van der Waals surface area contributed by atoms with Gasteiger partial charge in [0, 0.05) is 9.64 Å². The quantitative estimate of drug-likeness (QED) is 0.375. The molecule has 0 saturated heterocycles. The number of rotatable bonds is 1. The van der Waals surface area contributed by atoms with Crippen LogP contribution < -0.4 is 0 Å². The molecule has 0 atom stereocenters. The Morgan fingerprint density at radius 1 is 1.62 bits per heavy atom. The molecular weight excluding hydrogens is 303 g/mol. The molecule has 0 aliphatic carbocycles. The van der Waals surface area contributed by atoms with Crippen molar-refractivity contribution in [1.82, 2.24) is 0 Å². The Bertz CT molecular complexity index is 414. The van der Waals surface area contributed by atoms with Gasteiger partial charge < -0.3 is 0 Å². The summed E-state index contributed by atoms with van der Waals surface area (Å²) < 4.78 is 0.603. The minimum absolute atomic E-state index is 0.133. The molecule has 0 radical (unpaired) electrons. The lowest BCUT2D eigenvalue weighted by Crippen LogP contribution is -1.92. The van der Waals surface area contributed by atoms with Gasteiger partial charge in [-0.05, 0) is 28.7 Å². The van der Waals surface area contributed by atoms with E-state index in [4.69, 9.17) is 5.26 Å². The first-order chi connectivity index (χ1) is 6.06. The SMILES string of the molecule is N#Cc1cc(I)c(S)c([N+](=O)[O-])c1. The van der Waals surface area contributed by atoms with Crippen LogP contribution in [-0.4, -0.2) is 4.92 Å². The Labute approximate surface area is 93.3 Å². The number of hydrogen-bond acceptors (Lipinski definition) is 4. The molecule has 1 aromatic rings. The molecule has 1 aromatic carbocycles. The van der Waals surface area contributed by atoms with Gasteiger partial charge in [0.05, 0.1) is 21.5 Å². The molecule has 0 fully saturated rings. The van der Waals surface area contributed by atoms with Crippen LogP contribution in [0.15, 0.2) is 17.0 Å². The molecule has 0 saturated carbocycles. The van der Waals surface area contributed by atoms with E-state index in [1.807, 2.05) is 28.7 Å². The molecule has 4 nitrogen and oxygen atoms in total. The fraction of sp³-hybridized carbons (Fsp3) is 0. The lowest BCUT2D eigenvalue weighted by molar-refractivity contribution is -0.387. The summed E-state index contributed by atoms with van der Waals surface area (Å²) in [5, 5.41) is 19.0. The lowest BCUT2D eigenvalue weighted by atomic mass is 10.2. The largest absolute Gasteiger partial charge is 0.285 e. The average molecular weight is 306 g/mol. The number of nitro benzene ring substituents is 1. The Balaban J connectivity index is 3.44. The maximum atomic E-state index is 10.5. The number of thiol groups is 1. The van der Waals surface area contributed by atoms with Crippen LogP contribution in [0.2, 0.25) is 0 Å². The first-order valence-electron chi connectivity index (χ1n) is 3.13. The summed E-state index contributed by atoms with van der Waals surface area (Å²) in [5.74, 6) is 0. The molecule has 13 heavy (non-hydrogen) atoms. The van der Waals surface area contributed by atoms with Crippen molar-refractivity contribution in [3.05, 3.63) is 31.4 Å². The fourth-order valence-electron chi connectivity index (χ4n) is 0.788. The third kappa shape index (κ3) is 2.10. The molecule has 0 aliphatic heterocycles. The molecule has 0 heterocycles. The third-order valence-electron chi connectivity index (χ3n) is 1.37. The van der Waals surface area contributed by atoms with Crippen molar-refractivity contribution in [2.75, 3.05) is 0 Å². The zero-order valence-corrected chi connectivity index (χ0v) is 9.24. The highest BCUT2D eigenvalue weighted by molar-refractivity contribution is 14.1. The first-order valence-corrected chi connectivity index (χ1v) is 4.66. The van der Waals surface area contributed by atoms with Gasteiger partial charge >= 0.3 is 0 Å². The van der Waals surface area contributed by atoms with Crippen LogP contribution in [0, 0.1) is 25.0 Å². The van der Waals surface area contributed by atoms with Gasteiger partial charge in [0.25, 0.3) is 5.69 Å². The summed E-state index contributed by atoms with van der Waals surface area (Å²) in [6, 6.07) is 4.61. The number of nitrogens with zero attached hydrogens (tertiary/aromatic N) is 2. The van der Waals surface area contributed by atoms with Crippen molar-refractivity contribution in [2.24, 2.45) is 0 Å². The summed E-state index contributed by atoms with van der Waals surface area (Å²) in [5.41, 5.74) is 0.140. The normalized spacial score (nSPS) is 9.31. The topological polar surface area (TPSA) is 66.9 Å². The molecule has 0 spiro atoms. The van der Waals surface area contributed by atoms with E-state index in [0.717, 1.165) is 0 Å². The van der Waals surface area contributed by atoms with Gasteiger partial charge in [-0.15, -0.1) is 12.6 Å². The van der Waals surface area contributed by atoms with Gasteiger partial charge in [0.1, 0.15) is 0 Å². The molecule has 0 N–H and O–H groups in total. The molecular formula is C7H3IN2O2S. The molecule has 0 bridgehead atoms. The number of hydrogen-bond donors (Lipinski definition) is 1. The molecule has 1 rings (SSSR count). The van der Waals surface area contributed by atoms with Crippen molar-refractivity contribution in [3.63, 3.8) is 0 Å². The van der Waals surface area contributed by atoms with Gasteiger partial charge in [-0.3, -0.25) is 10.1 Å². The van der Waals surface area contributed by atoms with E-state index in [-0.39, 0.29) is 11.3 Å². The van der Waals surface area contributed by atoms with E-state index >= 15 is 0 Å². The Morgan fingerprint density at radius 3 is 2.69 bits per heavy atom.